The molecule has 2 N–H and O–H groups in total. The first-order valence-electron chi connectivity index (χ1n) is 16.3. The molecule has 2 aromatic rings. The highest BCUT2D eigenvalue weighted by atomic mass is 16.5. The number of Topliss-reactive ketones (excluding diaryl/α,β-unsaturated/α-hetero) is 2. The first-order valence-corrected chi connectivity index (χ1v) is 16.3. The summed E-state index contributed by atoms with van der Waals surface area (Å²) < 4.78 is 9.40. The molecule has 14 nitrogen and oxygen atoms in total. The summed E-state index contributed by atoms with van der Waals surface area (Å²) in [5, 5.41) is 5.08. The number of esters is 2. The Labute approximate surface area is 290 Å². The highest BCUT2D eigenvalue weighted by molar-refractivity contribution is 6.39. The van der Waals surface area contributed by atoms with Crippen molar-refractivity contribution in [1.29, 1.82) is 0 Å². The van der Waals surface area contributed by atoms with Gasteiger partial charge in [-0.3, -0.25) is 28.8 Å². The van der Waals surface area contributed by atoms with Crippen LogP contribution in [0.4, 0.5) is 0 Å². The number of nitrogens with zero attached hydrogens (tertiary/aromatic N) is 2. The molecule has 50 heavy (non-hydrogen) atoms. The van der Waals surface area contributed by atoms with Crippen LogP contribution in [0, 0.1) is 0 Å². The molecule has 268 valence electrons. The van der Waals surface area contributed by atoms with Gasteiger partial charge in [0.15, 0.2) is 0 Å². The Morgan fingerprint density at radius 3 is 1.26 bits per heavy atom. The van der Waals surface area contributed by atoms with Crippen LogP contribution in [0.1, 0.15) is 50.7 Å². The van der Waals surface area contributed by atoms with Crippen LogP contribution in [-0.2, 0) is 60.7 Å². The third-order valence-corrected chi connectivity index (χ3v) is 8.35. The molecule has 0 saturated carbocycles. The third kappa shape index (κ3) is 10.8. The van der Waals surface area contributed by atoms with Crippen molar-refractivity contribution in [3.05, 3.63) is 71.8 Å². The van der Waals surface area contributed by atoms with Crippen LogP contribution in [0.5, 0.6) is 0 Å². The summed E-state index contributed by atoms with van der Waals surface area (Å²) in [6.45, 7) is 3.23. The zero-order valence-electron chi connectivity index (χ0n) is 28.7. The van der Waals surface area contributed by atoms with Gasteiger partial charge in [0.25, 0.3) is 11.8 Å². The normalized spacial score (nSPS) is 17.7. The van der Waals surface area contributed by atoms with Crippen molar-refractivity contribution in [2.24, 2.45) is 0 Å². The Morgan fingerprint density at radius 1 is 0.620 bits per heavy atom. The largest absolute Gasteiger partial charge is 0.467 e. The van der Waals surface area contributed by atoms with Crippen LogP contribution in [0.15, 0.2) is 60.7 Å². The van der Waals surface area contributed by atoms with Crippen molar-refractivity contribution in [2.75, 3.05) is 27.3 Å². The number of hydrogen-bond acceptors (Lipinski definition) is 10. The number of benzene rings is 2. The summed E-state index contributed by atoms with van der Waals surface area (Å²) in [5.74, 6) is -4.83. The van der Waals surface area contributed by atoms with Gasteiger partial charge in [0.2, 0.25) is 23.4 Å². The maximum atomic E-state index is 12.7. The molecule has 4 rings (SSSR count). The average molecular weight is 693 g/mol. The van der Waals surface area contributed by atoms with Gasteiger partial charge in [-0.05, 0) is 36.8 Å². The van der Waals surface area contributed by atoms with E-state index in [-0.39, 0.29) is 12.8 Å². The van der Waals surface area contributed by atoms with Crippen molar-refractivity contribution < 1.29 is 47.8 Å². The first-order chi connectivity index (χ1) is 23.9. The fourth-order valence-corrected chi connectivity index (χ4v) is 5.97. The Balaban J connectivity index is 0.000000270. The minimum absolute atomic E-state index is 0.210. The van der Waals surface area contributed by atoms with Gasteiger partial charge in [-0.2, -0.15) is 0 Å². The molecular weight excluding hydrogens is 648 g/mol. The third-order valence-electron chi connectivity index (χ3n) is 8.35. The molecule has 0 aliphatic carbocycles. The van der Waals surface area contributed by atoms with Gasteiger partial charge in [0.1, 0.15) is 24.2 Å². The number of hydrogen-bond donors (Lipinski definition) is 2. The van der Waals surface area contributed by atoms with E-state index in [0.29, 0.717) is 38.8 Å². The van der Waals surface area contributed by atoms with Crippen molar-refractivity contribution in [3.63, 3.8) is 0 Å². The highest BCUT2D eigenvalue weighted by Crippen LogP contribution is 2.21. The fraction of sp³-hybridized carbons (Fsp3) is 0.444. The predicted octanol–water partition coefficient (Wildman–Crippen LogP) is 0.934. The molecule has 2 aliphatic rings. The number of amides is 4. The van der Waals surface area contributed by atoms with Gasteiger partial charge in [0.05, 0.1) is 14.2 Å². The number of likely N-dealkylation sites (tertiary alicyclic amines) is 2. The topological polar surface area (TPSA) is 186 Å². The number of carbonyl (C=O) groups excluding carboxylic acids is 8. The number of ether oxygens (including phenoxy) is 2. The minimum Gasteiger partial charge on any atom is -0.467 e. The Hall–Kier alpha value is -5.40. The van der Waals surface area contributed by atoms with E-state index in [1.54, 1.807) is 0 Å². The SMILES string of the molecule is COC(=O)[C@@H]1CCCN1C(=O)C(=O)C(Cc1ccccc1)NC(C)=O.COC(=O)[C@H]1CCCN1C(=O)C(=O)C(Cc1ccccc1)NC(C)=O. The predicted molar refractivity (Wildman–Crippen MR) is 179 cm³/mol. The minimum atomic E-state index is -0.966. The van der Waals surface area contributed by atoms with Gasteiger partial charge in [0, 0.05) is 39.8 Å². The molecule has 2 aromatic carbocycles. The average Bonchev–Trinajstić information content (AvgIpc) is 3.81. The summed E-state index contributed by atoms with van der Waals surface area (Å²) >= 11 is 0. The molecule has 0 aromatic heterocycles. The van der Waals surface area contributed by atoms with E-state index in [4.69, 9.17) is 9.47 Å². The second kappa shape index (κ2) is 19.0. The molecule has 14 heteroatoms. The van der Waals surface area contributed by atoms with E-state index < -0.39 is 71.3 Å². The maximum Gasteiger partial charge on any atom is 0.328 e. The zero-order valence-corrected chi connectivity index (χ0v) is 28.7. The summed E-state index contributed by atoms with van der Waals surface area (Å²) in [7, 11) is 2.50. The first kappa shape index (κ1) is 39.0. The number of methoxy groups -OCH3 is 2. The van der Waals surface area contributed by atoms with Gasteiger partial charge in [-0.1, -0.05) is 60.7 Å². The van der Waals surface area contributed by atoms with E-state index in [0.717, 1.165) is 11.1 Å². The summed E-state index contributed by atoms with van der Waals surface area (Å²) in [5.41, 5.74) is 1.65. The molecule has 0 radical (unpaired) electrons. The fourth-order valence-electron chi connectivity index (χ4n) is 5.97. The Morgan fingerprint density at radius 2 is 0.960 bits per heavy atom. The smallest absolute Gasteiger partial charge is 0.328 e. The van der Waals surface area contributed by atoms with E-state index in [2.05, 4.69) is 10.6 Å². The number of nitrogens with one attached hydrogen (secondary N) is 2. The number of rotatable bonds is 12. The monoisotopic (exact) mass is 692 g/mol. The van der Waals surface area contributed by atoms with Crippen LogP contribution in [0.3, 0.4) is 0 Å². The lowest BCUT2D eigenvalue weighted by molar-refractivity contribution is -0.154. The van der Waals surface area contributed by atoms with Crippen LogP contribution < -0.4 is 10.6 Å². The van der Waals surface area contributed by atoms with Gasteiger partial charge >= 0.3 is 11.9 Å². The Kier molecular flexibility index (Phi) is 14.8. The molecule has 0 bridgehead atoms. The highest BCUT2D eigenvalue weighted by Gasteiger charge is 2.41. The lowest BCUT2D eigenvalue weighted by Gasteiger charge is -2.24. The second-order valence-electron chi connectivity index (χ2n) is 12.0. The van der Waals surface area contributed by atoms with Crippen molar-refractivity contribution in [1.82, 2.24) is 20.4 Å². The van der Waals surface area contributed by atoms with Crippen LogP contribution in [0.25, 0.3) is 0 Å². The van der Waals surface area contributed by atoms with E-state index in [9.17, 15) is 38.4 Å². The molecule has 2 heterocycles. The zero-order chi connectivity index (χ0) is 36.8. The van der Waals surface area contributed by atoms with Gasteiger partial charge in [-0.25, -0.2) is 9.59 Å². The summed E-state index contributed by atoms with van der Waals surface area (Å²) in [4.78, 5) is 99.5. The molecule has 2 fully saturated rings. The van der Waals surface area contributed by atoms with Gasteiger partial charge in [-0.15, -0.1) is 0 Å². The van der Waals surface area contributed by atoms with Crippen molar-refractivity contribution in [3.8, 4) is 0 Å². The lowest BCUT2D eigenvalue weighted by Crippen LogP contribution is -2.51. The molecule has 2 aliphatic heterocycles. The van der Waals surface area contributed by atoms with Crippen LogP contribution in [0.2, 0.25) is 0 Å². The molecule has 2 unspecified atom stereocenters. The molecule has 4 amide bonds. The van der Waals surface area contributed by atoms with Crippen LogP contribution in [-0.4, -0.2) is 108 Å². The van der Waals surface area contributed by atoms with E-state index in [1.807, 2.05) is 60.7 Å². The van der Waals surface area contributed by atoms with Crippen LogP contribution >= 0.6 is 0 Å². The quantitative estimate of drug-likeness (QED) is 0.240. The van der Waals surface area contributed by atoms with Crippen molar-refractivity contribution in [2.45, 2.75) is 76.5 Å². The maximum absolute atomic E-state index is 12.7. The molecule has 2 saturated heterocycles. The van der Waals surface area contributed by atoms with E-state index in [1.165, 1.54) is 37.9 Å². The Bertz CT molecular complexity index is 1430. The molecule has 4 atom stereocenters. The standard InChI is InChI=1S/2C18H22N2O5/c2*1-12(21)19-14(11-13-7-4-3-5-8-13)16(22)17(23)20-10-6-9-15(20)18(24)25-2/h2*3-5,7-8,14-15H,6,9-11H2,1-2H3,(H,19,21)/t2*14?,15-/m10/s1. The van der Waals surface area contributed by atoms with Crippen molar-refractivity contribution >= 4 is 47.1 Å². The molecular formula is C36H44N4O10. The summed E-state index contributed by atoms with van der Waals surface area (Å²) in [6.07, 6.45) is 2.61. The lowest BCUT2D eigenvalue weighted by atomic mass is 10.0. The second-order valence-corrected chi connectivity index (χ2v) is 12.0. The molecule has 0 spiro atoms. The van der Waals surface area contributed by atoms with Gasteiger partial charge < -0.3 is 29.9 Å². The van der Waals surface area contributed by atoms with E-state index >= 15 is 0 Å². The number of carbonyl (C=O) groups is 8. The number of ketones is 2. The summed E-state index contributed by atoms with van der Waals surface area (Å²) in [6, 6.07) is 14.8.